The van der Waals surface area contributed by atoms with E-state index in [2.05, 4.69) is 54.5 Å². The van der Waals surface area contributed by atoms with Gasteiger partial charge in [-0.3, -0.25) is 4.90 Å². The summed E-state index contributed by atoms with van der Waals surface area (Å²) in [7, 11) is 2.14. The highest BCUT2D eigenvalue weighted by molar-refractivity contribution is 5.14. The predicted molar refractivity (Wildman–Crippen MR) is 70.0 cm³/mol. The van der Waals surface area contributed by atoms with Crippen LogP contribution in [0.2, 0.25) is 0 Å². The van der Waals surface area contributed by atoms with E-state index < -0.39 is 0 Å². The average Bonchev–Trinajstić information content (AvgIpc) is 2.28. The summed E-state index contributed by atoms with van der Waals surface area (Å²) < 4.78 is 5.87. The quantitative estimate of drug-likeness (QED) is 0.807. The van der Waals surface area contributed by atoms with E-state index in [1.807, 2.05) is 0 Å². The number of hydrogen-bond acceptors (Lipinski definition) is 3. The van der Waals surface area contributed by atoms with Crippen LogP contribution in [0.25, 0.3) is 0 Å². The monoisotopic (exact) mass is 234 g/mol. The van der Waals surface area contributed by atoms with Crippen LogP contribution in [0, 0.1) is 0 Å². The Morgan fingerprint density at radius 2 is 2.00 bits per heavy atom. The van der Waals surface area contributed by atoms with Crippen LogP contribution >= 0.6 is 0 Å². The molecule has 0 bridgehead atoms. The summed E-state index contributed by atoms with van der Waals surface area (Å²) in [5.41, 5.74) is 1.43. The van der Waals surface area contributed by atoms with Gasteiger partial charge in [0.15, 0.2) is 0 Å². The van der Waals surface area contributed by atoms with Crippen molar-refractivity contribution in [2.75, 3.05) is 33.3 Å². The molecule has 1 fully saturated rings. The van der Waals surface area contributed by atoms with Gasteiger partial charge in [-0.25, -0.2) is 0 Å². The molecule has 0 atom stereocenters. The largest absolute Gasteiger partial charge is 0.371 e. The van der Waals surface area contributed by atoms with Gasteiger partial charge in [0.05, 0.1) is 12.2 Å². The van der Waals surface area contributed by atoms with Crippen molar-refractivity contribution in [2.24, 2.45) is 0 Å². The van der Waals surface area contributed by atoms with Crippen LogP contribution in [0.3, 0.4) is 0 Å². The van der Waals surface area contributed by atoms with E-state index in [9.17, 15) is 0 Å². The van der Waals surface area contributed by atoms with Crippen molar-refractivity contribution >= 4 is 0 Å². The summed E-state index contributed by atoms with van der Waals surface area (Å²) in [4.78, 5) is 2.30. The SMILES string of the molecule is CN(CCOC1(C)CNC1)Cc1ccccc1. The molecular weight excluding hydrogens is 212 g/mol. The first kappa shape index (κ1) is 12.6. The number of benzene rings is 1. The first-order valence-corrected chi connectivity index (χ1v) is 6.25. The molecule has 3 heteroatoms. The van der Waals surface area contributed by atoms with Crippen LogP contribution < -0.4 is 5.32 Å². The van der Waals surface area contributed by atoms with Crippen molar-refractivity contribution in [3.8, 4) is 0 Å². The molecule has 1 aliphatic rings. The smallest absolute Gasteiger partial charge is 0.0902 e. The van der Waals surface area contributed by atoms with E-state index in [-0.39, 0.29) is 5.60 Å². The fourth-order valence-corrected chi connectivity index (χ4v) is 2.00. The maximum absolute atomic E-state index is 5.87. The van der Waals surface area contributed by atoms with E-state index in [0.717, 1.165) is 32.8 Å². The van der Waals surface area contributed by atoms with Crippen LogP contribution in [0.5, 0.6) is 0 Å². The first-order valence-electron chi connectivity index (χ1n) is 6.25. The van der Waals surface area contributed by atoms with Crippen molar-refractivity contribution in [2.45, 2.75) is 19.1 Å². The second-order valence-electron chi connectivity index (χ2n) is 5.13. The lowest BCUT2D eigenvalue weighted by Crippen LogP contribution is -2.59. The maximum atomic E-state index is 5.87. The zero-order valence-corrected chi connectivity index (χ0v) is 10.8. The molecule has 1 N–H and O–H groups in total. The Labute approximate surface area is 104 Å². The van der Waals surface area contributed by atoms with E-state index in [1.54, 1.807) is 0 Å². The van der Waals surface area contributed by atoms with Gasteiger partial charge < -0.3 is 10.1 Å². The zero-order valence-electron chi connectivity index (χ0n) is 10.8. The van der Waals surface area contributed by atoms with Crippen LogP contribution in [0.1, 0.15) is 12.5 Å². The molecule has 1 aromatic carbocycles. The molecule has 1 heterocycles. The highest BCUT2D eigenvalue weighted by Crippen LogP contribution is 2.14. The number of rotatable bonds is 6. The third kappa shape index (κ3) is 3.80. The van der Waals surface area contributed by atoms with Gasteiger partial charge in [0, 0.05) is 26.2 Å². The molecule has 0 saturated carbocycles. The van der Waals surface area contributed by atoms with Gasteiger partial charge in [-0.1, -0.05) is 30.3 Å². The molecule has 0 aliphatic carbocycles. The zero-order chi connectivity index (χ0) is 12.1. The highest BCUT2D eigenvalue weighted by atomic mass is 16.5. The Kier molecular flexibility index (Phi) is 4.15. The minimum absolute atomic E-state index is 0.0770. The average molecular weight is 234 g/mol. The molecule has 1 saturated heterocycles. The lowest BCUT2D eigenvalue weighted by molar-refractivity contribution is -0.0712. The van der Waals surface area contributed by atoms with Crippen molar-refractivity contribution in [3.05, 3.63) is 35.9 Å². The highest BCUT2D eigenvalue weighted by Gasteiger charge is 2.32. The molecule has 0 spiro atoms. The molecule has 0 radical (unpaired) electrons. The minimum Gasteiger partial charge on any atom is -0.371 e. The molecule has 2 rings (SSSR count). The van der Waals surface area contributed by atoms with Crippen LogP contribution in [-0.2, 0) is 11.3 Å². The van der Waals surface area contributed by atoms with Crippen molar-refractivity contribution in [3.63, 3.8) is 0 Å². The van der Waals surface area contributed by atoms with E-state index in [0.29, 0.717) is 0 Å². The summed E-state index contributed by atoms with van der Waals surface area (Å²) in [6, 6.07) is 10.5. The lowest BCUT2D eigenvalue weighted by Gasteiger charge is -2.39. The molecule has 3 nitrogen and oxygen atoms in total. The van der Waals surface area contributed by atoms with Crippen molar-refractivity contribution in [1.82, 2.24) is 10.2 Å². The Bertz CT molecular complexity index is 335. The number of nitrogens with zero attached hydrogens (tertiary/aromatic N) is 1. The number of nitrogens with one attached hydrogen (secondary N) is 1. The van der Waals surface area contributed by atoms with Gasteiger partial charge in [-0.05, 0) is 19.5 Å². The lowest BCUT2D eigenvalue weighted by atomic mass is 10.0. The predicted octanol–water partition coefficient (Wildman–Crippen LogP) is 1.50. The summed E-state index contributed by atoms with van der Waals surface area (Å²) in [5.74, 6) is 0. The summed E-state index contributed by atoms with van der Waals surface area (Å²) in [6.45, 7) is 6.90. The van der Waals surface area contributed by atoms with Gasteiger partial charge in [0.25, 0.3) is 0 Å². The Morgan fingerprint density at radius 3 is 2.59 bits per heavy atom. The number of ether oxygens (including phenoxy) is 1. The van der Waals surface area contributed by atoms with E-state index in [4.69, 9.17) is 4.74 Å². The third-order valence-corrected chi connectivity index (χ3v) is 3.22. The van der Waals surface area contributed by atoms with E-state index >= 15 is 0 Å². The molecule has 1 aliphatic heterocycles. The van der Waals surface area contributed by atoms with Crippen LogP contribution in [0.15, 0.2) is 30.3 Å². The van der Waals surface area contributed by atoms with Gasteiger partial charge in [0.2, 0.25) is 0 Å². The Morgan fingerprint density at radius 1 is 1.29 bits per heavy atom. The summed E-state index contributed by atoms with van der Waals surface area (Å²) >= 11 is 0. The second kappa shape index (κ2) is 5.63. The maximum Gasteiger partial charge on any atom is 0.0902 e. The van der Waals surface area contributed by atoms with Gasteiger partial charge in [-0.2, -0.15) is 0 Å². The first-order chi connectivity index (χ1) is 8.18. The van der Waals surface area contributed by atoms with Gasteiger partial charge in [-0.15, -0.1) is 0 Å². The molecule has 0 amide bonds. The molecule has 94 valence electrons. The Hall–Kier alpha value is -0.900. The normalized spacial score (nSPS) is 18.1. The van der Waals surface area contributed by atoms with E-state index in [1.165, 1.54) is 5.56 Å². The fourth-order valence-electron chi connectivity index (χ4n) is 2.00. The number of likely N-dealkylation sites (N-methyl/N-ethyl adjacent to an activating group) is 1. The topological polar surface area (TPSA) is 24.5 Å². The minimum atomic E-state index is 0.0770. The third-order valence-electron chi connectivity index (χ3n) is 3.22. The van der Waals surface area contributed by atoms with Crippen molar-refractivity contribution < 1.29 is 4.74 Å². The number of hydrogen-bond donors (Lipinski definition) is 1. The summed E-state index contributed by atoms with van der Waals surface area (Å²) in [6.07, 6.45) is 0. The van der Waals surface area contributed by atoms with Crippen LogP contribution in [-0.4, -0.2) is 43.8 Å². The second-order valence-corrected chi connectivity index (χ2v) is 5.13. The van der Waals surface area contributed by atoms with Crippen molar-refractivity contribution in [1.29, 1.82) is 0 Å². The van der Waals surface area contributed by atoms with Gasteiger partial charge >= 0.3 is 0 Å². The molecule has 0 aromatic heterocycles. The Balaban J connectivity index is 1.65. The standard InChI is InChI=1S/C14H22N2O/c1-14(11-15-12-14)17-9-8-16(2)10-13-6-4-3-5-7-13/h3-7,15H,8-12H2,1-2H3. The van der Waals surface area contributed by atoms with Crippen LogP contribution in [0.4, 0.5) is 0 Å². The summed E-state index contributed by atoms with van der Waals surface area (Å²) in [5, 5.41) is 3.24. The molecule has 17 heavy (non-hydrogen) atoms. The fraction of sp³-hybridized carbons (Fsp3) is 0.571. The van der Waals surface area contributed by atoms with Gasteiger partial charge in [0.1, 0.15) is 0 Å². The molecule has 1 aromatic rings. The molecule has 0 unspecified atom stereocenters. The molecular formula is C14H22N2O.